The van der Waals surface area contributed by atoms with Crippen molar-refractivity contribution in [1.82, 2.24) is 0 Å². The van der Waals surface area contributed by atoms with E-state index in [9.17, 15) is 0 Å². The lowest BCUT2D eigenvalue weighted by Crippen LogP contribution is -1.70. The predicted octanol–water partition coefficient (Wildman–Crippen LogP) is 2.47. The number of aliphatic hydroxyl groups is 1. The van der Waals surface area contributed by atoms with Crippen molar-refractivity contribution in [3.05, 3.63) is 48.0 Å². The molecule has 0 aliphatic heterocycles. The van der Waals surface area contributed by atoms with E-state index in [1.54, 1.807) is 0 Å². The van der Waals surface area contributed by atoms with Crippen molar-refractivity contribution in [2.24, 2.45) is 0 Å². The van der Waals surface area contributed by atoms with Gasteiger partial charge in [-0.2, -0.15) is 0 Å². The molecule has 0 unspecified atom stereocenters. The van der Waals surface area contributed by atoms with Crippen LogP contribution in [-0.2, 0) is 0 Å². The van der Waals surface area contributed by atoms with Gasteiger partial charge in [-0.25, -0.2) is 0 Å². The molecule has 0 aliphatic carbocycles. The first-order valence-corrected chi connectivity index (χ1v) is 3.95. The van der Waals surface area contributed by atoms with Gasteiger partial charge >= 0.3 is 0 Å². The molecular formula is C11H16O. The predicted molar refractivity (Wildman–Crippen MR) is 53.2 cm³/mol. The molecule has 1 nitrogen and oxygen atoms in total. The Hall–Kier alpha value is -1.08. The van der Waals surface area contributed by atoms with E-state index in [1.807, 2.05) is 0 Å². The Morgan fingerprint density at radius 3 is 1.58 bits per heavy atom. The summed E-state index contributed by atoms with van der Waals surface area (Å²) in [4.78, 5) is 0. The lowest BCUT2D eigenvalue weighted by Gasteiger charge is -1.90. The van der Waals surface area contributed by atoms with Gasteiger partial charge in [0.1, 0.15) is 0 Å². The number of aliphatic hydroxyl groups excluding tert-OH is 1. The smallest absolute Gasteiger partial charge is 0.0609 e. The van der Waals surface area contributed by atoms with Gasteiger partial charge in [-0.15, -0.1) is 6.58 Å². The largest absolute Gasteiger partial charge is 0.392 e. The van der Waals surface area contributed by atoms with Gasteiger partial charge in [0.25, 0.3) is 0 Å². The van der Waals surface area contributed by atoms with E-state index in [4.69, 9.17) is 5.11 Å². The summed E-state index contributed by atoms with van der Waals surface area (Å²) < 4.78 is 0. The van der Waals surface area contributed by atoms with Crippen molar-refractivity contribution >= 4 is 0 Å². The van der Waals surface area contributed by atoms with Crippen LogP contribution in [-0.4, -0.2) is 11.7 Å². The first-order valence-electron chi connectivity index (χ1n) is 3.95. The fourth-order valence-corrected chi connectivity index (χ4v) is 0.637. The standard InChI is InChI=1S/C8H10.C3H6O/c1-7-3-5-8(2)6-4-7;1-2-3-4/h3-6H,1-2H3;2,4H,1,3H2. The first kappa shape index (κ1) is 10.9. The first-order chi connectivity index (χ1) is 5.70. The van der Waals surface area contributed by atoms with Gasteiger partial charge in [0.15, 0.2) is 0 Å². The summed E-state index contributed by atoms with van der Waals surface area (Å²) in [5.74, 6) is 0. The van der Waals surface area contributed by atoms with Crippen LogP contribution in [0.2, 0.25) is 0 Å². The summed E-state index contributed by atoms with van der Waals surface area (Å²) in [7, 11) is 0. The number of hydrogen-bond acceptors (Lipinski definition) is 1. The van der Waals surface area contributed by atoms with Crippen LogP contribution in [0.15, 0.2) is 36.9 Å². The maximum absolute atomic E-state index is 7.76. The third-order valence-corrected chi connectivity index (χ3v) is 1.35. The van der Waals surface area contributed by atoms with Crippen molar-refractivity contribution < 1.29 is 5.11 Å². The van der Waals surface area contributed by atoms with Gasteiger partial charge in [0, 0.05) is 0 Å². The molecule has 0 atom stereocenters. The molecule has 0 heterocycles. The van der Waals surface area contributed by atoms with Crippen LogP contribution >= 0.6 is 0 Å². The quantitative estimate of drug-likeness (QED) is 0.632. The lowest BCUT2D eigenvalue weighted by atomic mass is 10.2. The second kappa shape index (κ2) is 6.62. The summed E-state index contributed by atoms with van der Waals surface area (Å²) in [5.41, 5.74) is 2.66. The molecular weight excluding hydrogens is 148 g/mol. The molecule has 0 saturated heterocycles. The van der Waals surface area contributed by atoms with E-state index >= 15 is 0 Å². The number of aryl methyl sites for hydroxylation is 2. The Morgan fingerprint density at radius 1 is 1.17 bits per heavy atom. The third-order valence-electron chi connectivity index (χ3n) is 1.35. The zero-order valence-electron chi connectivity index (χ0n) is 7.75. The van der Waals surface area contributed by atoms with Crippen LogP contribution in [0.5, 0.6) is 0 Å². The van der Waals surface area contributed by atoms with Gasteiger partial charge in [-0.1, -0.05) is 41.5 Å². The molecule has 0 aromatic heterocycles. The molecule has 0 fully saturated rings. The average molecular weight is 164 g/mol. The molecule has 0 radical (unpaired) electrons. The monoisotopic (exact) mass is 164 g/mol. The summed E-state index contributed by atoms with van der Waals surface area (Å²) in [6.07, 6.45) is 1.43. The highest BCUT2D eigenvalue weighted by atomic mass is 16.2. The van der Waals surface area contributed by atoms with Gasteiger partial charge < -0.3 is 5.11 Å². The molecule has 12 heavy (non-hydrogen) atoms. The maximum Gasteiger partial charge on any atom is 0.0609 e. The van der Waals surface area contributed by atoms with Gasteiger partial charge in [-0.3, -0.25) is 0 Å². The Balaban J connectivity index is 0.000000261. The molecule has 0 spiro atoms. The molecule has 0 bridgehead atoms. The van der Waals surface area contributed by atoms with Crippen LogP contribution in [0.25, 0.3) is 0 Å². The number of hydrogen-bond donors (Lipinski definition) is 1. The Kier molecular flexibility index (Phi) is 6.02. The highest BCUT2D eigenvalue weighted by Crippen LogP contribution is 1.99. The second-order valence-corrected chi connectivity index (χ2v) is 2.63. The topological polar surface area (TPSA) is 20.2 Å². The molecule has 1 aromatic carbocycles. The Bertz CT molecular complexity index is 190. The zero-order valence-corrected chi connectivity index (χ0v) is 7.75. The highest BCUT2D eigenvalue weighted by molar-refractivity contribution is 5.19. The molecule has 1 aromatic rings. The SMILES string of the molecule is C=CCO.Cc1ccc(C)cc1. The molecule has 1 heteroatoms. The van der Waals surface area contributed by atoms with E-state index < -0.39 is 0 Å². The molecule has 1 rings (SSSR count). The highest BCUT2D eigenvalue weighted by Gasteiger charge is 1.79. The van der Waals surface area contributed by atoms with Gasteiger partial charge in [0.05, 0.1) is 6.61 Å². The number of rotatable bonds is 1. The summed E-state index contributed by atoms with van der Waals surface area (Å²) in [6.45, 7) is 7.51. The Morgan fingerprint density at radius 2 is 1.42 bits per heavy atom. The van der Waals surface area contributed by atoms with Gasteiger partial charge in [-0.05, 0) is 13.8 Å². The fourth-order valence-electron chi connectivity index (χ4n) is 0.637. The minimum absolute atomic E-state index is 0.0833. The van der Waals surface area contributed by atoms with E-state index in [2.05, 4.69) is 44.7 Å². The summed E-state index contributed by atoms with van der Waals surface area (Å²) >= 11 is 0. The second-order valence-electron chi connectivity index (χ2n) is 2.63. The molecule has 0 aliphatic rings. The lowest BCUT2D eigenvalue weighted by molar-refractivity contribution is 0.343. The van der Waals surface area contributed by atoms with Crippen molar-refractivity contribution in [3.8, 4) is 0 Å². The average Bonchev–Trinajstić information content (AvgIpc) is 2.11. The van der Waals surface area contributed by atoms with Crippen LogP contribution < -0.4 is 0 Å². The van der Waals surface area contributed by atoms with Gasteiger partial charge in [0.2, 0.25) is 0 Å². The van der Waals surface area contributed by atoms with Crippen molar-refractivity contribution in [2.45, 2.75) is 13.8 Å². The normalized spacial score (nSPS) is 8.25. The van der Waals surface area contributed by atoms with E-state index in [1.165, 1.54) is 17.2 Å². The van der Waals surface area contributed by atoms with Crippen LogP contribution in [0, 0.1) is 13.8 Å². The minimum atomic E-state index is 0.0833. The zero-order chi connectivity index (χ0) is 9.40. The molecule has 66 valence electrons. The van der Waals surface area contributed by atoms with Crippen LogP contribution in [0.1, 0.15) is 11.1 Å². The van der Waals surface area contributed by atoms with Crippen LogP contribution in [0.3, 0.4) is 0 Å². The van der Waals surface area contributed by atoms with Crippen molar-refractivity contribution in [3.63, 3.8) is 0 Å². The molecule has 0 saturated carbocycles. The van der Waals surface area contributed by atoms with Crippen molar-refractivity contribution in [1.29, 1.82) is 0 Å². The number of benzene rings is 1. The van der Waals surface area contributed by atoms with E-state index in [-0.39, 0.29) is 6.61 Å². The van der Waals surface area contributed by atoms with E-state index in [0.717, 1.165) is 0 Å². The van der Waals surface area contributed by atoms with Crippen LogP contribution in [0.4, 0.5) is 0 Å². The van der Waals surface area contributed by atoms with Crippen molar-refractivity contribution in [2.75, 3.05) is 6.61 Å². The Labute approximate surface area is 74.4 Å². The van der Waals surface area contributed by atoms with E-state index in [0.29, 0.717) is 0 Å². The fraction of sp³-hybridized carbons (Fsp3) is 0.273. The summed E-state index contributed by atoms with van der Waals surface area (Å²) in [6, 6.07) is 8.48. The molecule has 1 N–H and O–H groups in total. The third kappa shape index (κ3) is 5.69. The summed E-state index contributed by atoms with van der Waals surface area (Å²) in [5, 5.41) is 7.76. The maximum atomic E-state index is 7.76. The molecule has 0 amide bonds. The minimum Gasteiger partial charge on any atom is -0.392 e.